The van der Waals surface area contributed by atoms with Gasteiger partial charge in [-0.25, -0.2) is 19.6 Å². The van der Waals surface area contributed by atoms with Gasteiger partial charge in [-0.05, 0) is 0 Å². The van der Waals surface area contributed by atoms with E-state index >= 15 is 0 Å². The van der Waals surface area contributed by atoms with Crippen molar-refractivity contribution in [2.24, 2.45) is 0 Å². The molecule has 0 aromatic rings. The van der Waals surface area contributed by atoms with Crippen molar-refractivity contribution in [1.82, 2.24) is 0 Å². The van der Waals surface area contributed by atoms with Crippen LogP contribution in [0.15, 0.2) is 0 Å². The molecule has 9 heavy (non-hydrogen) atoms. The summed E-state index contributed by atoms with van der Waals surface area (Å²) in [6.45, 7) is 1.71. The van der Waals surface area contributed by atoms with Crippen molar-refractivity contribution in [3.05, 3.63) is 6.42 Å². The van der Waals surface area contributed by atoms with Gasteiger partial charge in [0.2, 0.25) is 0 Å². The van der Waals surface area contributed by atoms with Crippen molar-refractivity contribution in [3.8, 4) is 0 Å². The molecule has 0 radical (unpaired) electrons. The van der Waals surface area contributed by atoms with E-state index in [-0.39, 0.29) is 25.3 Å². The molecule has 4 heteroatoms. The largest absolute Gasteiger partial charge is 1.00 e. The minimum atomic E-state index is -4.07. The Balaban J connectivity index is 0. The van der Waals surface area contributed by atoms with Crippen LogP contribution in [-0.2, 0) is 0 Å². The average molecular weight is 132 g/mol. The van der Waals surface area contributed by atoms with Crippen LogP contribution >= 0.6 is 0 Å². The minimum absolute atomic E-state index is 0. The zero-order chi connectivity index (χ0) is 6.62. The fraction of sp³-hybridized carbons (Fsp3) is 0.800. The van der Waals surface area contributed by atoms with E-state index in [4.69, 9.17) is 0 Å². The zero-order valence-corrected chi connectivity index (χ0v) is 5.63. The first-order valence-electron chi connectivity index (χ1n) is 2.47. The normalized spacial score (nSPS) is 10.7. The molecule has 0 nitrogen and oxygen atoms in total. The van der Waals surface area contributed by atoms with Gasteiger partial charge in [0.15, 0.2) is 0 Å². The molecule has 0 unspecified atom stereocenters. The molecule has 50 valence electrons. The Labute approximate surface area is 65.0 Å². The predicted molar refractivity (Wildman–Crippen MR) is 25.3 cm³/mol. The number of alkyl halides is 3. The second-order valence-electron chi connectivity index (χ2n) is 1.53. The third kappa shape index (κ3) is 11.8. The van der Waals surface area contributed by atoms with Crippen molar-refractivity contribution < 1.29 is 32.0 Å². The molecular formula is C5H8F3Li. The van der Waals surface area contributed by atoms with E-state index in [2.05, 4.69) is 0 Å². The monoisotopic (exact) mass is 132 g/mol. The molecule has 0 amide bonds. The van der Waals surface area contributed by atoms with E-state index in [9.17, 15) is 13.2 Å². The van der Waals surface area contributed by atoms with Crippen molar-refractivity contribution in [2.75, 3.05) is 0 Å². The first kappa shape index (κ1) is 12.1. The second-order valence-corrected chi connectivity index (χ2v) is 1.53. The first-order valence-corrected chi connectivity index (χ1v) is 2.47. The van der Waals surface area contributed by atoms with Gasteiger partial charge in [-0.3, -0.25) is 0 Å². The van der Waals surface area contributed by atoms with E-state index in [0.29, 0.717) is 12.8 Å². The summed E-state index contributed by atoms with van der Waals surface area (Å²) in [5.41, 5.74) is 0. The van der Waals surface area contributed by atoms with Crippen LogP contribution in [0.4, 0.5) is 13.2 Å². The van der Waals surface area contributed by atoms with Gasteiger partial charge in [-0.2, -0.15) is 6.42 Å². The summed E-state index contributed by atoms with van der Waals surface area (Å²) < 4.78 is 33.6. The molecule has 0 heterocycles. The average Bonchev–Trinajstić information content (AvgIpc) is 1.59. The smallest absolute Gasteiger partial charge is 0.226 e. The van der Waals surface area contributed by atoms with Crippen molar-refractivity contribution in [3.63, 3.8) is 0 Å². The summed E-state index contributed by atoms with van der Waals surface area (Å²) in [6.07, 6.45) is -3.02. The topological polar surface area (TPSA) is 0 Å². The van der Waals surface area contributed by atoms with Gasteiger partial charge in [0.1, 0.15) is 0 Å². The number of hydrogen-bond acceptors (Lipinski definition) is 0. The minimum Gasteiger partial charge on any atom is -0.226 e. The van der Waals surface area contributed by atoms with Crippen molar-refractivity contribution >= 4 is 0 Å². The first-order chi connectivity index (χ1) is 3.56. The molecule has 0 rings (SSSR count). The van der Waals surface area contributed by atoms with Gasteiger partial charge in [0.05, 0.1) is 0 Å². The van der Waals surface area contributed by atoms with Crippen LogP contribution in [0.5, 0.6) is 0 Å². The maximum atomic E-state index is 11.2. The zero-order valence-electron chi connectivity index (χ0n) is 5.63. The van der Waals surface area contributed by atoms with Crippen LogP contribution in [0, 0.1) is 6.42 Å². The molecule has 0 bridgehead atoms. The number of unbranched alkanes of at least 4 members (excludes halogenated alkanes) is 1. The van der Waals surface area contributed by atoms with Crippen LogP contribution < -0.4 is 18.9 Å². The van der Waals surface area contributed by atoms with Gasteiger partial charge >= 0.3 is 18.9 Å². The molecule has 0 spiro atoms. The SMILES string of the molecule is CCC[CH-]C(F)(F)F.[Li+]. The van der Waals surface area contributed by atoms with Gasteiger partial charge < -0.3 is 0 Å². The predicted octanol–water partition coefficient (Wildman–Crippen LogP) is -0.443. The summed E-state index contributed by atoms with van der Waals surface area (Å²) in [5.74, 6) is 0. The third-order valence-corrected chi connectivity index (χ3v) is 0.664. The summed E-state index contributed by atoms with van der Waals surface area (Å²) in [7, 11) is 0. The maximum Gasteiger partial charge on any atom is 1.00 e. The van der Waals surface area contributed by atoms with Crippen LogP contribution in [0.1, 0.15) is 19.8 Å². The van der Waals surface area contributed by atoms with E-state index in [1.807, 2.05) is 0 Å². The Hall–Kier alpha value is 0.387. The van der Waals surface area contributed by atoms with Gasteiger partial charge in [-0.15, -0.1) is 0 Å². The Morgan fingerprint density at radius 2 is 1.78 bits per heavy atom. The van der Waals surface area contributed by atoms with Crippen LogP contribution in [0.25, 0.3) is 0 Å². The molecule has 0 aromatic carbocycles. The fourth-order valence-corrected chi connectivity index (χ4v) is 0.308. The Bertz CT molecular complexity index is 59.7. The molecule has 0 saturated carbocycles. The van der Waals surface area contributed by atoms with Crippen LogP contribution in [0.3, 0.4) is 0 Å². The summed E-state index contributed by atoms with van der Waals surface area (Å²) in [4.78, 5) is 0. The maximum absolute atomic E-state index is 11.2. The van der Waals surface area contributed by atoms with Crippen LogP contribution in [-0.4, -0.2) is 6.18 Å². The molecule has 0 atom stereocenters. The van der Waals surface area contributed by atoms with E-state index in [0.717, 1.165) is 0 Å². The molecule has 0 aliphatic rings. The molecule has 0 fully saturated rings. The molecule has 0 saturated heterocycles. The van der Waals surface area contributed by atoms with Gasteiger partial charge in [-0.1, -0.05) is 13.3 Å². The Morgan fingerprint density at radius 1 is 1.33 bits per heavy atom. The van der Waals surface area contributed by atoms with Crippen molar-refractivity contribution in [1.29, 1.82) is 0 Å². The number of rotatable bonds is 2. The van der Waals surface area contributed by atoms with E-state index < -0.39 is 6.18 Å². The Morgan fingerprint density at radius 3 is 1.89 bits per heavy atom. The molecule has 0 aromatic heterocycles. The standard InChI is InChI=1S/C5H8F3.Li/c1-2-3-4-5(6,7)8;/h4H,2-3H2,1H3;/q-1;+1. The van der Waals surface area contributed by atoms with Crippen molar-refractivity contribution in [2.45, 2.75) is 25.9 Å². The summed E-state index contributed by atoms with van der Waals surface area (Å²) in [6, 6.07) is 0. The molecule has 0 N–H and O–H groups in total. The molecular weight excluding hydrogens is 124 g/mol. The third-order valence-electron chi connectivity index (χ3n) is 0.664. The number of hydrogen-bond donors (Lipinski definition) is 0. The van der Waals surface area contributed by atoms with E-state index in [1.54, 1.807) is 6.92 Å². The summed E-state index contributed by atoms with van der Waals surface area (Å²) >= 11 is 0. The molecule has 0 aliphatic carbocycles. The Kier molecular flexibility index (Phi) is 6.98. The van der Waals surface area contributed by atoms with Gasteiger partial charge in [0.25, 0.3) is 6.18 Å². The second kappa shape index (κ2) is 5.19. The van der Waals surface area contributed by atoms with Gasteiger partial charge in [0, 0.05) is 0 Å². The fourth-order valence-electron chi connectivity index (χ4n) is 0.308. The number of halogens is 3. The van der Waals surface area contributed by atoms with E-state index in [1.165, 1.54) is 0 Å². The molecule has 0 aliphatic heterocycles. The summed E-state index contributed by atoms with van der Waals surface area (Å²) in [5, 5.41) is 0. The van der Waals surface area contributed by atoms with Crippen LogP contribution in [0.2, 0.25) is 0 Å². The quantitative estimate of drug-likeness (QED) is 0.353.